The number of likely N-dealkylation sites (tertiary alicyclic amines) is 1. The molecule has 2 heterocycles. The summed E-state index contributed by atoms with van der Waals surface area (Å²) in [6.45, 7) is 6.58. The van der Waals surface area contributed by atoms with Crippen LogP contribution >= 0.6 is 0 Å². The predicted octanol–water partition coefficient (Wildman–Crippen LogP) is 3.46. The molecule has 2 saturated heterocycles. The number of allylic oxidation sites excluding steroid dienone is 2. The van der Waals surface area contributed by atoms with Crippen LogP contribution in [-0.2, 0) is 4.74 Å². The third kappa shape index (κ3) is 5.53. The van der Waals surface area contributed by atoms with Crippen molar-refractivity contribution >= 4 is 6.09 Å². The van der Waals surface area contributed by atoms with Gasteiger partial charge in [-0.1, -0.05) is 23.8 Å². The van der Waals surface area contributed by atoms with Crippen LogP contribution < -0.4 is 22.1 Å². The van der Waals surface area contributed by atoms with Gasteiger partial charge in [0.25, 0.3) is 0 Å². The van der Waals surface area contributed by atoms with Crippen molar-refractivity contribution in [3.63, 3.8) is 0 Å². The van der Waals surface area contributed by atoms with E-state index in [0.29, 0.717) is 18.0 Å². The zero-order chi connectivity index (χ0) is 24.7. The van der Waals surface area contributed by atoms with Crippen molar-refractivity contribution in [3.05, 3.63) is 34.9 Å². The standard InChI is InChI=1S/C28H45N5O2/c1-28(2,3)35-27(34)33-14-4-5-25(33)26-31-23-13-11-20(16-24(23)32-26)18-8-6-17(7-9-18)19-10-12-21(29)22(30)15-19/h8,10-11,17,21-26,31-32H,4-7,9,12-16,29-30H2,1-3H3/t17?,21?,22?,23?,24?,25-,26?/m0/s1. The molecule has 3 aliphatic carbocycles. The first-order chi connectivity index (χ1) is 16.7. The van der Waals surface area contributed by atoms with Crippen LogP contribution in [0.3, 0.4) is 0 Å². The highest BCUT2D eigenvalue weighted by Crippen LogP contribution is 2.39. The first-order valence-electron chi connectivity index (χ1n) is 13.8. The number of ether oxygens (including phenoxy) is 1. The summed E-state index contributed by atoms with van der Waals surface area (Å²) in [5, 5.41) is 7.67. The fraction of sp³-hybridized carbons (Fsp3) is 0.750. The van der Waals surface area contributed by atoms with Crippen molar-refractivity contribution in [1.82, 2.24) is 15.5 Å². The third-order valence-electron chi connectivity index (χ3n) is 8.66. The Morgan fingerprint density at radius 3 is 2.46 bits per heavy atom. The molecule has 0 radical (unpaired) electrons. The van der Waals surface area contributed by atoms with Crippen LogP contribution in [-0.4, -0.2) is 59.5 Å². The minimum absolute atomic E-state index is 0.110. The van der Waals surface area contributed by atoms with Crippen LogP contribution in [0.15, 0.2) is 34.9 Å². The number of hydrogen-bond donors (Lipinski definition) is 4. The van der Waals surface area contributed by atoms with Crippen LogP contribution in [0.25, 0.3) is 0 Å². The van der Waals surface area contributed by atoms with Crippen LogP contribution in [0.2, 0.25) is 0 Å². The molecule has 0 aromatic rings. The van der Waals surface area contributed by atoms with Gasteiger partial charge in [0.2, 0.25) is 0 Å². The average Bonchev–Trinajstić information content (AvgIpc) is 3.46. The van der Waals surface area contributed by atoms with Gasteiger partial charge < -0.3 is 21.1 Å². The molecule has 35 heavy (non-hydrogen) atoms. The zero-order valence-corrected chi connectivity index (χ0v) is 21.8. The summed E-state index contributed by atoms with van der Waals surface area (Å²) in [5.41, 5.74) is 16.5. The van der Waals surface area contributed by atoms with Gasteiger partial charge in [0, 0.05) is 30.7 Å². The van der Waals surface area contributed by atoms with Crippen molar-refractivity contribution in [2.24, 2.45) is 17.4 Å². The summed E-state index contributed by atoms with van der Waals surface area (Å²) in [7, 11) is 0. The summed E-state index contributed by atoms with van der Waals surface area (Å²) in [6.07, 6.45) is 16.8. The third-order valence-corrected chi connectivity index (χ3v) is 8.66. The van der Waals surface area contributed by atoms with Gasteiger partial charge in [0.1, 0.15) is 5.60 Å². The topological polar surface area (TPSA) is 106 Å². The summed E-state index contributed by atoms with van der Waals surface area (Å²) in [5.74, 6) is 0.631. The molecule has 6 unspecified atom stereocenters. The molecule has 2 aliphatic heterocycles. The molecular weight excluding hydrogens is 438 g/mol. The number of carbonyl (C=O) groups excluding carboxylic acids is 1. The van der Waals surface area contributed by atoms with E-state index in [0.717, 1.165) is 57.9 Å². The SMILES string of the molecule is CC(C)(C)OC(=O)N1CCC[C@H]1C1NC2CC=C(C3=CCC(C4=CCC(N)C(N)C4)CC3)CC2N1. The normalized spacial score (nSPS) is 37.9. The minimum atomic E-state index is -0.466. The predicted molar refractivity (Wildman–Crippen MR) is 140 cm³/mol. The Morgan fingerprint density at radius 1 is 0.971 bits per heavy atom. The van der Waals surface area contributed by atoms with E-state index in [1.54, 1.807) is 5.57 Å². The fourth-order valence-corrected chi connectivity index (χ4v) is 6.70. The number of amides is 1. The van der Waals surface area contributed by atoms with Crippen molar-refractivity contribution in [1.29, 1.82) is 0 Å². The number of nitrogens with zero attached hydrogens (tertiary/aromatic N) is 1. The van der Waals surface area contributed by atoms with E-state index in [1.165, 1.54) is 17.6 Å². The molecule has 6 N–H and O–H groups in total. The maximum atomic E-state index is 12.8. The number of nitrogens with one attached hydrogen (secondary N) is 2. The summed E-state index contributed by atoms with van der Waals surface area (Å²) in [4.78, 5) is 14.7. The van der Waals surface area contributed by atoms with Crippen molar-refractivity contribution in [3.8, 4) is 0 Å². The Hall–Kier alpha value is -1.67. The second kappa shape index (κ2) is 10.0. The zero-order valence-electron chi connectivity index (χ0n) is 21.8. The highest BCUT2D eigenvalue weighted by Gasteiger charge is 2.44. The molecule has 1 amide bonds. The van der Waals surface area contributed by atoms with Gasteiger partial charge in [-0.3, -0.25) is 10.6 Å². The molecule has 2 fully saturated rings. The highest BCUT2D eigenvalue weighted by molar-refractivity contribution is 5.69. The van der Waals surface area contributed by atoms with E-state index in [1.807, 2.05) is 25.7 Å². The maximum absolute atomic E-state index is 12.8. The Bertz CT molecular complexity index is 904. The van der Waals surface area contributed by atoms with Gasteiger partial charge in [-0.15, -0.1) is 0 Å². The van der Waals surface area contributed by atoms with Crippen LogP contribution in [0.1, 0.15) is 78.6 Å². The number of fused-ring (bicyclic) bond motifs is 1. The highest BCUT2D eigenvalue weighted by atomic mass is 16.6. The van der Waals surface area contributed by atoms with E-state index < -0.39 is 5.60 Å². The summed E-state index contributed by atoms with van der Waals surface area (Å²) in [6, 6.07) is 1.22. The van der Waals surface area contributed by atoms with Gasteiger partial charge in [-0.25, -0.2) is 4.79 Å². The summed E-state index contributed by atoms with van der Waals surface area (Å²) >= 11 is 0. The quantitative estimate of drug-likeness (QED) is 0.458. The largest absolute Gasteiger partial charge is 0.444 e. The molecular formula is C28H45N5O2. The summed E-state index contributed by atoms with van der Waals surface area (Å²) < 4.78 is 5.69. The fourth-order valence-electron chi connectivity index (χ4n) is 6.70. The maximum Gasteiger partial charge on any atom is 0.410 e. The number of hydrogen-bond acceptors (Lipinski definition) is 6. The lowest BCUT2D eigenvalue weighted by molar-refractivity contribution is 0.0192. The van der Waals surface area contributed by atoms with E-state index in [-0.39, 0.29) is 30.4 Å². The molecule has 0 saturated carbocycles. The molecule has 194 valence electrons. The molecule has 0 aromatic heterocycles. The smallest absolute Gasteiger partial charge is 0.410 e. The second-order valence-corrected chi connectivity index (χ2v) is 12.3. The van der Waals surface area contributed by atoms with Gasteiger partial charge >= 0.3 is 6.09 Å². The molecule has 5 aliphatic rings. The first kappa shape index (κ1) is 25.0. The molecule has 7 heteroatoms. The Balaban J connectivity index is 1.17. The monoisotopic (exact) mass is 483 g/mol. The lowest BCUT2D eigenvalue weighted by Gasteiger charge is -2.33. The van der Waals surface area contributed by atoms with E-state index in [2.05, 4.69) is 28.9 Å². The molecule has 0 bridgehead atoms. The Kier molecular flexibility index (Phi) is 7.14. The molecule has 5 rings (SSSR count). The van der Waals surface area contributed by atoms with Crippen molar-refractivity contribution in [2.75, 3.05) is 6.54 Å². The number of nitrogens with two attached hydrogens (primary N) is 2. The van der Waals surface area contributed by atoms with Crippen LogP contribution in [0, 0.1) is 5.92 Å². The van der Waals surface area contributed by atoms with Gasteiger partial charge in [0.05, 0.1) is 12.2 Å². The molecule has 0 spiro atoms. The second-order valence-electron chi connectivity index (χ2n) is 12.3. The minimum Gasteiger partial charge on any atom is -0.444 e. The number of carbonyl (C=O) groups is 1. The molecule has 7 nitrogen and oxygen atoms in total. The van der Waals surface area contributed by atoms with E-state index >= 15 is 0 Å². The van der Waals surface area contributed by atoms with Gasteiger partial charge in [-0.05, 0) is 95.6 Å². The average molecular weight is 484 g/mol. The van der Waals surface area contributed by atoms with Crippen LogP contribution in [0.5, 0.6) is 0 Å². The number of rotatable bonds is 3. The first-order valence-corrected chi connectivity index (χ1v) is 13.8. The Morgan fingerprint density at radius 2 is 1.74 bits per heavy atom. The molecule has 0 aromatic carbocycles. The molecule has 7 atom stereocenters. The Labute approximate surface area is 210 Å². The lowest BCUT2D eigenvalue weighted by Crippen LogP contribution is -2.53. The van der Waals surface area contributed by atoms with E-state index in [9.17, 15) is 4.79 Å². The van der Waals surface area contributed by atoms with Crippen LogP contribution in [0.4, 0.5) is 4.79 Å². The van der Waals surface area contributed by atoms with E-state index in [4.69, 9.17) is 16.2 Å². The lowest BCUT2D eigenvalue weighted by atomic mass is 9.75. The van der Waals surface area contributed by atoms with Gasteiger partial charge in [-0.2, -0.15) is 0 Å². The van der Waals surface area contributed by atoms with Crippen molar-refractivity contribution < 1.29 is 9.53 Å². The van der Waals surface area contributed by atoms with Gasteiger partial charge in [0.15, 0.2) is 0 Å². The van der Waals surface area contributed by atoms with Crippen molar-refractivity contribution in [2.45, 2.75) is 121 Å².